The largest absolute Gasteiger partial charge is 0.391 e. The zero-order valence-corrected chi connectivity index (χ0v) is 25.2. The fourth-order valence-electron chi connectivity index (χ4n) is 9.54. The summed E-state index contributed by atoms with van der Waals surface area (Å²) in [7, 11) is 8.67. The van der Waals surface area contributed by atoms with Crippen molar-refractivity contribution in [1.82, 2.24) is 9.80 Å². The zero-order valence-electron chi connectivity index (χ0n) is 25.2. The van der Waals surface area contributed by atoms with E-state index in [4.69, 9.17) is 0 Å². The van der Waals surface area contributed by atoms with Gasteiger partial charge in [-0.1, -0.05) is 57.9 Å². The van der Waals surface area contributed by atoms with E-state index in [1.165, 1.54) is 44.9 Å². The second kappa shape index (κ2) is 10.9. The summed E-state index contributed by atoms with van der Waals surface area (Å²) in [5.74, 6) is 4.44. The van der Waals surface area contributed by atoms with E-state index in [9.17, 15) is 5.11 Å². The van der Waals surface area contributed by atoms with E-state index in [0.29, 0.717) is 23.3 Å². The van der Waals surface area contributed by atoms with Crippen molar-refractivity contribution in [1.29, 1.82) is 0 Å². The number of hydrogen-bond acceptors (Lipinski definition) is 3. The van der Waals surface area contributed by atoms with Gasteiger partial charge in [0.15, 0.2) is 0 Å². The zero-order chi connectivity index (χ0) is 26.4. The Labute approximate surface area is 223 Å². The molecule has 3 heteroatoms. The standard InChI is InChI=1S/C33H58N2O/c1-22(2)24(17-19-34(6)7)11-10-23(3)27-14-15-28-26-13-12-25-20-30(35(8)9)31(36)21-33(25,5)29(26)16-18-32(27,28)4/h11,13,22-23,25,27-31,36H,10,12,14-21H2,1-9H3/b24-11+/t23?,25-,27+,28-,29-,30-,31-,32+,33-/m0/s1. The quantitative estimate of drug-likeness (QED) is 0.364. The highest BCUT2D eigenvalue weighted by Crippen LogP contribution is 2.67. The third kappa shape index (κ3) is 5.15. The summed E-state index contributed by atoms with van der Waals surface area (Å²) in [5, 5.41) is 11.1. The van der Waals surface area contributed by atoms with E-state index >= 15 is 0 Å². The number of fused-ring (bicyclic) bond motifs is 5. The van der Waals surface area contributed by atoms with Gasteiger partial charge in [-0.05, 0) is 132 Å². The Balaban J connectivity index is 1.49. The molecule has 0 radical (unpaired) electrons. The van der Waals surface area contributed by atoms with Crippen molar-refractivity contribution in [3.8, 4) is 0 Å². The summed E-state index contributed by atoms with van der Waals surface area (Å²) >= 11 is 0. The van der Waals surface area contributed by atoms with Gasteiger partial charge in [0.05, 0.1) is 6.10 Å². The Hall–Kier alpha value is -0.640. The molecule has 3 fully saturated rings. The Kier molecular flexibility index (Phi) is 8.55. The monoisotopic (exact) mass is 498 g/mol. The summed E-state index contributed by atoms with van der Waals surface area (Å²) in [6, 6.07) is 0.324. The van der Waals surface area contributed by atoms with Gasteiger partial charge in [0, 0.05) is 12.6 Å². The maximum atomic E-state index is 11.1. The van der Waals surface area contributed by atoms with Gasteiger partial charge in [0.1, 0.15) is 0 Å². The fourth-order valence-corrected chi connectivity index (χ4v) is 9.54. The van der Waals surface area contributed by atoms with E-state index in [0.717, 1.165) is 43.1 Å². The number of aliphatic hydroxyl groups is 1. The number of hydrogen-bond donors (Lipinski definition) is 1. The van der Waals surface area contributed by atoms with E-state index in [1.54, 1.807) is 5.57 Å². The third-order valence-corrected chi connectivity index (χ3v) is 11.9. The molecule has 1 unspecified atom stereocenters. The van der Waals surface area contributed by atoms with Gasteiger partial charge < -0.3 is 14.9 Å². The first kappa shape index (κ1) is 28.4. The molecule has 0 amide bonds. The normalized spacial score (nSPS) is 41.8. The lowest BCUT2D eigenvalue weighted by Crippen LogP contribution is -2.56. The van der Waals surface area contributed by atoms with Gasteiger partial charge >= 0.3 is 0 Å². The van der Waals surface area contributed by atoms with Crippen LogP contribution in [0.1, 0.15) is 92.4 Å². The molecule has 3 nitrogen and oxygen atoms in total. The lowest BCUT2D eigenvalue weighted by Gasteiger charge is -2.59. The predicted molar refractivity (Wildman–Crippen MR) is 154 cm³/mol. The molecule has 1 N–H and O–H groups in total. The smallest absolute Gasteiger partial charge is 0.0700 e. The number of aliphatic hydroxyl groups excluding tert-OH is 1. The van der Waals surface area contributed by atoms with Gasteiger partial charge in [-0.25, -0.2) is 0 Å². The van der Waals surface area contributed by atoms with E-state index < -0.39 is 0 Å². The van der Waals surface area contributed by atoms with Crippen LogP contribution in [0.25, 0.3) is 0 Å². The molecule has 0 bridgehead atoms. The van der Waals surface area contributed by atoms with Crippen LogP contribution in [0, 0.1) is 46.3 Å². The van der Waals surface area contributed by atoms with Crippen LogP contribution < -0.4 is 0 Å². The van der Waals surface area contributed by atoms with Crippen molar-refractivity contribution in [3.05, 3.63) is 23.3 Å². The SMILES string of the molecule is CC(C)/C(=C/CC(C)[C@H]1CC[C@H]2C3=CC[C@H]4C[C@H](N(C)C)[C@@H](O)C[C@]4(C)[C@H]3CC[C@]12C)CCN(C)C. The first-order chi connectivity index (χ1) is 16.9. The Bertz CT molecular complexity index is 828. The predicted octanol–water partition coefficient (Wildman–Crippen LogP) is 7.03. The second-order valence-corrected chi connectivity index (χ2v) is 14.7. The van der Waals surface area contributed by atoms with Crippen LogP contribution in [0.5, 0.6) is 0 Å². The number of rotatable bonds is 8. The molecule has 9 atom stereocenters. The van der Waals surface area contributed by atoms with Crippen LogP contribution in [0.2, 0.25) is 0 Å². The topological polar surface area (TPSA) is 26.7 Å². The van der Waals surface area contributed by atoms with Crippen LogP contribution in [0.4, 0.5) is 0 Å². The summed E-state index contributed by atoms with van der Waals surface area (Å²) in [6.45, 7) is 13.7. The van der Waals surface area contributed by atoms with Crippen LogP contribution in [0.3, 0.4) is 0 Å². The Morgan fingerprint density at radius 2 is 1.75 bits per heavy atom. The van der Waals surface area contributed by atoms with Gasteiger partial charge in [0.25, 0.3) is 0 Å². The molecule has 4 aliphatic carbocycles. The lowest BCUT2D eigenvalue weighted by atomic mass is 9.47. The summed E-state index contributed by atoms with van der Waals surface area (Å²) in [5.41, 5.74) is 4.21. The van der Waals surface area contributed by atoms with Crippen molar-refractivity contribution in [2.45, 2.75) is 105 Å². The molecule has 0 spiro atoms. The Morgan fingerprint density at radius 1 is 1.06 bits per heavy atom. The minimum atomic E-state index is -0.181. The van der Waals surface area contributed by atoms with Crippen LogP contribution >= 0.6 is 0 Å². The van der Waals surface area contributed by atoms with Gasteiger partial charge in [-0.2, -0.15) is 0 Å². The summed E-state index contributed by atoms with van der Waals surface area (Å²) in [4.78, 5) is 4.58. The molecule has 4 rings (SSSR count). The molecular formula is C33H58N2O. The first-order valence-corrected chi connectivity index (χ1v) is 15.3. The number of likely N-dealkylation sites (N-methyl/N-ethyl adjacent to an activating group) is 1. The van der Waals surface area contributed by atoms with Gasteiger partial charge in [-0.3, -0.25) is 0 Å². The van der Waals surface area contributed by atoms with Crippen LogP contribution in [-0.4, -0.2) is 61.8 Å². The molecular weight excluding hydrogens is 440 g/mol. The van der Waals surface area contributed by atoms with E-state index in [2.05, 4.69) is 84.8 Å². The second-order valence-electron chi connectivity index (χ2n) is 14.7. The minimum absolute atomic E-state index is 0.181. The van der Waals surface area contributed by atoms with Crippen molar-refractivity contribution in [2.24, 2.45) is 46.3 Å². The van der Waals surface area contributed by atoms with Crippen molar-refractivity contribution in [3.63, 3.8) is 0 Å². The van der Waals surface area contributed by atoms with Crippen LogP contribution in [-0.2, 0) is 0 Å². The van der Waals surface area contributed by atoms with Crippen molar-refractivity contribution in [2.75, 3.05) is 34.7 Å². The molecule has 0 aromatic heterocycles. The lowest BCUT2D eigenvalue weighted by molar-refractivity contribution is -0.0821. The maximum Gasteiger partial charge on any atom is 0.0700 e. The van der Waals surface area contributed by atoms with Crippen molar-refractivity contribution >= 4 is 0 Å². The average Bonchev–Trinajstić information content (AvgIpc) is 3.14. The molecule has 0 aromatic carbocycles. The molecule has 0 heterocycles. The fraction of sp³-hybridized carbons (Fsp3) is 0.879. The highest BCUT2D eigenvalue weighted by molar-refractivity contribution is 5.28. The molecule has 0 aliphatic heterocycles. The average molecular weight is 499 g/mol. The molecule has 0 aromatic rings. The van der Waals surface area contributed by atoms with E-state index in [1.807, 2.05) is 5.57 Å². The minimum Gasteiger partial charge on any atom is -0.391 e. The maximum absolute atomic E-state index is 11.1. The van der Waals surface area contributed by atoms with E-state index in [-0.39, 0.29) is 11.5 Å². The number of allylic oxidation sites excluding steroid dienone is 3. The number of nitrogens with zero attached hydrogens (tertiary/aromatic N) is 2. The third-order valence-electron chi connectivity index (χ3n) is 11.9. The molecule has 3 saturated carbocycles. The molecule has 0 saturated heterocycles. The van der Waals surface area contributed by atoms with Crippen molar-refractivity contribution < 1.29 is 5.11 Å². The summed E-state index contributed by atoms with van der Waals surface area (Å²) in [6.07, 6.45) is 16.5. The van der Waals surface area contributed by atoms with Gasteiger partial charge in [-0.15, -0.1) is 0 Å². The first-order valence-electron chi connectivity index (χ1n) is 15.3. The van der Waals surface area contributed by atoms with Crippen LogP contribution in [0.15, 0.2) is 23.3 Å². The molecule has 4 aliphatic rings. The summed E-state index contributed by atoms with van der Waals surface area (Å²) < 4.78 is 0. The molecule has 206 valence electrons. The highest BCUT2D eigenvalue weighted by atomic mass is 16.3. The van der Waals surface area contributed by atoms with Gasteiger partial charge in [0.2, 0.25) is 0 Å². The highest BCUT2D eigenvalue weighted by Gasteiger charge is 2.59. The Morgan fingerprint density at radius 3 is 2.39 bits per heavy atom. The molecule has 36 heavy (non-hydrogen) atoms.